The summed E-state index contributed by atoms with van der Waals surface area (Å²) in [5.41, 5.74) is 6.39. The molecule has 118 valence electrons. The Morgan fingerprint density at radius 1 is 1.23 bits per heavy atom. The molecule has 0 spiro atoms. The number of rotatable bonds is 2. The van der Waals surface area contributed by atoms with Crippen LogP contribution in [-0.2, 0) is 9.59 Å². The number of carbonyl (C=O) groups excluding carboxylic acids is 2. The first-order valence-electron chi connectivity index (χ1n) is 7.28. The minimum Gasteiger partial charge on any atom is -0.340 e. The van der Waals surface area contributed by atoms with Crippen molar-refractivity contribution in [2.75, 3.05) is 24.5 Å². The average Bonchev–Trinajstić information content (AvgIpc) is 3.07. The van der Waals surface area contributed by atoms with Crippen LogP contribution in [0.4, 0.5) is 5.69 Å². The lowest BCUT2D eigenvalue weighted by molar-refractivity contribution is -0.139. The van der Waals surface area contributed by atoms with Crippen molar-refractivity contribution in [3.05, 3.63) is 28.2 Å². The highest BCUT2D eigenvalue weighted by Crippen LogP contribution is 2.34. The van der Waals surface area contributed by atoms with Crippen LogP contribution in [0.3, 0.4) is 0 Å². The molecule has 22 heavy (non-hydrogen) atoms. The van der Waals surface area contributed by atoms with Crippen molar-refractivity contribution in [1.82, 2.24) is 4.90 Å². The SMILES string of the molecule is NC1CCN(C(=O)C2CCN(c3cc(Cl)ccc3Cl)C2=O)C1. The summed E-state index contributed by atoms with van der Waals surface area (Å²) in [7, 11) is 0. The summed E-state index contributed by atoms with van der Waals surface area (Å²) in [5, 5.41) is 0.960. The summed E-state index contributed by atoms with van der Waals surface area (Å²) in [6, 6.07) is 4.99. The van der Waals surface area contributed by atoms with Crippen LogP contribution in [0.1, 0.15) is 12.8 Å². The molecular formula is C15H17Cl2N3O2. The van der Waals surface area contributed by atoms with Gasteiger partial charge in [0.2, 0.25) is 11.8 Å². The smallest absolute Gasteiger partial charge is 0.239 e. The number of benzene rings is 1. The van der Waals surface area contributed by atoms with Crippen LogP contribution in [0.2, 0.25) is 10.0 Å². The van der Waals surface area contributed by atoms with Crippen molar-refractivity contribution in [2.45, 2.75) is 18.9 Å². The van der Waals surface area contributed by atoms with E-state index < -0.39 is 5.92 Å². The molecule has 0 aromatic heterocycles. The predicted molar refractivity (Wildman–Crippen MR) is 86.1 cm³/mol. The maximum atomic E-state index is 12.6. The first kappa shape index (κ1) is 15.6. The fraction of sp³-hybridized carbons (Fsp3) is 0.467. The number of nitrogens with two attached hydrogens (primary N) is 1. The Hall–Kier alpha value is -1.30. The number of anilines is 1. The molecule has 5 nitrogen and oxygen atoms in total. The van der Waals surface area contributed by atoms with E-state index in [1.54, 1.807) is 28.0 Å². The summed E-state index contributed by atoms with van der Waals surface area (Å²) >= 11 is 12.1. The van der Waals surface area contributed by atoms with E-state index >= 15 is 0 Å². The highest BCUT2D eigenvalue weighted by atomic mass is 35.5. The summed E-state index contributed by atoms with van der Waals surface area (Å²) in [5.74, 6) is -0.978. The van der Waals surface area contributed by atoms with E-state index in [2.05, 4.69) is 0 Å². The minimum absolute atomic E-state index is 0.0129. The number of nitrogens with zero attached hydrogens (tertiary/aromatic N) is 2. The second-order valence-corrected chi connectivity index (χ2v) is 6.60. The maximum Gasteiger partial charge on any atom is 0.239 e. The molecule has 2 fully saturated rings. The van der Waals surface area contributed by atoms with E-state index in [0.29, 0.717) is 41.8 Å². The zero-order valence-corrected chi connectivity index (χ0v) is 13.5. The van der Waals surface area contributed by atoms with Crippen LogP contribution < -0.4 is 10.6 Å². The van der Waals surface area contributed by atoms with E-state index in [4.69, 9.17) is 28.9 Å². The van der Waals surface area contributed by atoms with Crippen LogP contribution in [0, 0.1) is 5.92 Å². The molecule has 2 N–H and O–H groups in total. The Morgan fingerprint density at radius 2 is 2.00 bits per heavy atom. The van der Waals surface area contributed by atoms with Gasteiger partial charge in [-0.2, -0.15) is 0 Å². The molecule has 2 unspecified atom stereocenters. The van der Waals surface area contributed by atoms with E-state index in [9.17, 15) is 9.59 Å². The number of likely N-dealkylation sites (tertiary alicyclic amines) is 1. The van der Waals surface area contributed by atoms with E-state index in [-0.39, 0.29) is 17.9 Å². The fourth-order valence-corrected chi connectivity index (χ4v) is 3.43. The molecule has 3 rings (SSSR count). The number of halogens is 2. The molecule has 1 aromatic rings. The highest BCUT2D eigenvalue weighted by molar-refractivity contribution is 6.36. The largest absolute Gasteiger partial charge is 0.340 e. The minimum atomic E-state index is -0.639. The standard InChI is InChI=1S/C15H17Cl2N3O2/c16-9-1-2-12(17)13(7-9)20-6-4-11(15(20)22)14(21)19-5-3-10(18)8-19/h1-2,7,10-11H,3-6,8,18H2. The van der Waals surface area contributed by atoms with Crippen molar-refractivity contribution in [3.8, 4) is 0 Å². The first-order chi connectivity index (χ1) is 10.5. The molecule has 7 heteroatoms. The van der Waals surface area contributed by atoms with Crippen molar-refractivity contribution < 1.29 is 9.59 Å². The summed E-state index contributed by atoms with van der Waals surface area (Å²) < 4.78 is 0. The van der Waals surface area contributed by atoms with Crippen molar-refractivity contribution in [3.63, 3.8) is 0 Å². The van der Waals surface area contributed by atoms with Crippen LogP contribution >= 0.6 is 23.2 Å². The third-order valence-electron chi connectivity index (χ3n) is 4.24. The van der Waals surface area contributed by atoms with Crippen LogP contribution in [-0.4, -0.2) is 42.4 Å². The van der Waals surface area contributed by atoms with Gasteiger partial charge in [0.1, 0.15) is 5.92 Å². The van der Waals surface area contributed by atoms with Gasteiger partial charge in [-0.25, -0.2) is 0 Å². The van der Waals surface area contributed by atoms with Crippen molar-refractivity contribution in [2.24, 2.45) is 11.7 Å². The molecule has 0 radical (unpaired) electrons. The Bertz CT molecular complexity index is 623. The molecule has 2 saturated heterocycles. The van der Waals surface area contributed by atoms with Gasteiger partial charge in [0.25, 0.3) is 0 Å². The Balaban J connectivity index is 1.77. The van der Waals surface area contributed by atoms with Crippen LogP contribution in [0.15, 0.2) is 18.2 Å². The molecule has 0 saturated carbocycles. The maximum absolute atomic E-state index is 12.6. The second-order valence-electron chi connectivity index (χ2n) is 5.76. The van der Waals surface area contributed by atoms with E-state index in [1.165, 1.54) is 0 Å². The lowest BCUT2D eigenvalue weighted by Crippen LogP contribution is -2.40. The van der Waals surface area contributed by atoms with Gasteiger partial charge in [0.15, 0.2) is 0 Å². The number of hydrogen-bond acceptors (Lipinski definition) is 3. The van der Waals surface area contributed by atoms with E-state index in [0.717, 1.165) is 6.42 Å². The molecule has 2 amide bonds. The Morgan fingerprint density at radius 3 is 2.68 bits per heavy atom. The second kappa shape index (κ2) is 6.07. The molecule has 1 aromatic carbocycles. The van der Waals surface area contributed by atoms with Gasteiger partial charge in [-0.15, -0.1) is 0 Å². The van der Waals surface area contributed by atoms with E-state index in [1.807, 2.05) is 0 Å². The van der Waals surface area contributed by atoms with Crippen LogP contribution in [0.25, 0.3) is 0 Å². The summed E-state index contributed by atoms with van der Waals surface area (Å²) in [6.07, 6.45) is 1.28. The predicted octanol–water partition coefficient (Wildman–Crippen LogP) is 1.91. The Kier molecular flexibility index (Phi) is 4.30. The van der Waals surface area contributed by atoms with Crippen molar-refractivity contribution in [1.29, 1.82) is 0 Å². The van der Waals surface area contributed by atoms with Gasteiger partial charge in [-0.3, -0.25) is 9.59 Å². The number of carbonyl (C=O) groups is 2. The molecule has 2 aliphatic rings. The van der Waals surface area contributed by atoms with Gasteiger partial charge in [-0.1, -0.05) is 23.2 Å². The molecule has 2 aliphatic heterocycles. The highest BCUT2D eigenvalue weighted by Gasteiger charge is 2.41. The monoisotopic (exact) mass is 341 g/mol. The van der Waals surface area contributed by atoms with Gasteiger partial charge in [0.05, 0.1) is 10.7 Å². The summed E-state index contributed by atoms with van der Waals surface area (Å²) in [4.78, 5) is 28.3. The number of amides is 2. The molecule has 0 aliphatic carbocycles. The molecule has 2 heterocycles. The third-order valence-corrected chi connectivity index (χ3v) is 4.79. The molecule has 2 atom stereocenters. The van der Waals surface area contributed by atoms with Gasteiger partial charge >= 0.3 is 0 Å². The lowest BCUT2D eigenvalue weighted by atomic mass is 10.1. The zero-order chi connectivity index (χ0) is 15.9. The quantitative estimate of drug-likeness (QED) is 0.835. The number of hydrogen-bond donors (Lipinski definition) is 1. The van der Waals surface area contributed by atoms with Gasteiger partial charge in [0, 0.05) is 30.7 Å². The van der Waals surface area contributed by atoms with Gasteiger partial charge < -0.3 is 15.5 Å². The van der Waals surface area contributed by atoms with Crippen molar-refractivity contribution >= 4 is 40.7 Å². The third kappa shape index (κ3) is 2.81. The topological polar surface area (TPSA) is 66.6 Å². The first-order valence-corrected chi connectivity index (χ1v) is 8.04. The van der Waals surface area contributed by atoms with Crippen LogP contribution in [0.5, 0.6) is 0 Å². The Labute approximate surface area is 138 Å². The normalized spacial score (nSPS) is 25.1. The fourth-order valence-electron chi connectivity index (χ4n) is 3.05. The zero-order valence-electron chi connectivity index (χ0n) is 12.0. The molecular weight excluding hydrogens is 325 g/mol. The lowest BCUT2D eigenvalue weighted by Gasteiger charge is -2.21. The van der Waals surface area contributed by atoms with Gasteiger partial charge in [-0.05, 0) is 31.0 Å². The summed E-state index contributed by atoms with van der Waals surface area (Å²) in [6.45, 7) is 1.62. The average molecular weight is 342 g/mol. The molecule has 0 bridgehead atoms.